The van der Waals surface area contributed by atoms with Crippen molar-refractivity contribution in [2.75, 3.05) is 25.0 Å². The largest absolute Gasteiger partial charge is 0.395 e. The lowest BCUT2D eigenvalue weighted by Crippen LogP contribution is -2.40. The molecule has 7 heteroatoms. The number of hydrogen-bond acceptors (Lipinski definition) is 2. The average Bonchev–Trinajstić information content (AvgIpc) is 2.27. The summed E-state index contributed by atoms with van der Waals surface area (Å²) in [6.07, 6.45) is -2.65. The van der Waals surface area contributed by atoms with Gasteiger partial charge in [-0.25, -0.2) is 13.6 Å². The van der Waals surface area contributed by atoms with E-state index in [0.29, 0.717) is 10.7 Å². The number of aliphatic hydroxyl groups excluding tert-OH is 1. The number of amides is 2. The van der Waals surface area contributed by atoms with Gasteiger partial charge in [-0.3, -0.25) is 0 Å². The second kappa shape index (κ2) is 7.13. The van der Waals surface area contributed by atoms with E-state index in [1.807, 2.05) is 0 Å². The summed E-state index contributed by atoms with van der Waals surface area (Å²) in [5.74, 6) is 0. The Kier molecular flexibility index (Phi) is 5.80. The van der Waals surface area contributed by atoms with Crippen molar-refractivity contribution in [3.05, 3.63) is 29.3 Å². The normalized spacial score (nSPS) is 10.5. The van der Waals surface area contributed by atoms with Gasteiger partial charge in [0.2, 0.25) is 0 Å². The Balaban J connectivity index is 2.66. The predicted molar refractivity (Wildman–Crippen MR) is 65.1 cm³/mol. The fourth-order valence-corrected chi connectivity index (χ4v) is 1.52. The van der Waals surface area contributed by atoms with Gasteiger partial charge in [-0.1, -0.05) is 17.7 Å². The van der Waals surface area contributed by atoms with Crippen LogP contribution in [-0.4, -0.2) is 42.2 Å². The first-order valence-electron chi connectivity index (χ1n) is 5.23. The second-order valence-corrected chi connectivity index (χ2v) is 3.94. The van der Waals surface area contributed by atoms with E-state index in [4.69, 9.17) is 16.7 Å². The molecule has 0 aliphatic heterocycles. The first-order valence-corrected chi connectivity index (χ1v) is 5.61. The van der Waals surface area contributed by atoms with Crippen LogP contribution in [0.1, 0.15) is 0 Å². The zero-order valence-electron chi connectivity index (χ0n) is 9.44. The number of hydrogen-bond donors (Lipinski definition) is 2. The van der Waals surface area contributed by atoms with Crippen LogP contribution in [0.5, 0.6) is 0 Å². The summed E-state index contributed by atoms with van der Waals surface area (Å²) in [6, 6.07) is 5.64. The van der Waals surface area contributed by atoms with Crippen LogP contribution in [0.15, 0.2) is 24.3 Å². The number of benzene rings is 1. The van der Waals surface area contributed by atoms with E-state index in [2.05, 4.69) is 5.32 Å². The number of nitrogens with zero attached hydrogens (tertiary/aromatic N) is 1. The molecule has 0 atom stereocenters. The van der Waals surface area contributed by atoms with Crippen LogP contribution in [-0.2, 0) is 0 Å². The highest BCUT2D eigenvalue weighted by atomic mass is 35.5. The lowest BCUT2D eigenvalue weighted by atomic mass is 10.3. The first-order chi connectivity index (χ1) is 8.52. The number of nitrogens with one attached hydrogen (secondary N) is 1. The minimum absolute atomic E-state index is 0.156. The third kappa shape index (κ3) is 4.85. The van der Waals surface area contributed by atoms with Crippen molar-refractivity contribution in [1.82, 2.24) is 4.90 Å². The fraction of sp³-hybridized carbons (Fsp3) is 0.364. The molecule has 0 aliphatic rings. The van der Waals surface area contributed by atoms with Gasteiger partial charge in [0.15, 0.2) is 0 Å². The molecule has 100 valence electrons. The molecule has 0 bridgehead atoms. The summed E-state index contributed by atoms with van der Waals surface area (Å²) in [6.45, 7) is -1.26. The van der Waals surface area contributed by atoms with Crippen molar-refractivity contribution in [3.63, 3.8) is 0 Å². The standard InChI is InChI=1S/C11H13ClF2N2O2/c12-8-2-1-3-9(6-8)15-11(18)16(4-5-17)7-10(13)14/h1-3,6,10,17H,4-5,7H2,(H,15,18). The quantitative estimate of drug-likeness (QED) is 0.869. The lowest BCUT2D eigenvalue weighted by Gasteiger charge is -2.21. The Morgan fingerprint density at radius 1 is 1.50 bits per heavy atom. The van der Waals surface area contributed by atoms with E-state index >= 15 is 0 Å². The van der Waals surface area contributed by atoms with E-state index in [-0.39, 0.29) is 13.2 Å². The Morgan fingerprint density at radius 3 is 2.78 bits per heavy atom. The van der Waals surface area contributed by atoms with Crippen LogP contribution in [0.2, 0.25) is 5.02 Å². The molecule has 0 fully saturated rings. The molecule has 1 aromatic rings. The molecular formula is C11H13ClF2N2O2. The minimum Gasteiger partial charge on any atom is -0.395 e. The topological polar surface area (TPSA) is 52.6 Å². The van der Waals surface area contributed by atoms with E-state index < -0.39 is 19.0 Å². The molecule has 0 heterocycles. The first kappa shape index (κ1) is 14.7. The molecular weight excluding hydrogens is 266 g/mol. The van der Waals surface area contributed by atoms with Gasteiger partial charge in [0.25, 0.3) is 6.43 Å². The molecule has 0 aromatic heterocycles. The number of rotatable bonds is 5. The lowest BCUT2D eigenvalue weighted by molar-refractivity contribution is 0.0943. The maximum atomic E-state index is 12.2. The number of carbonyl (C=O) groups is 1. The van der Waals surface area contributed by atoms with E-state index in [0.717, 1.165) is 4.90 Å². The van der Waals surface area contributed by atoms with Crippen molar-refractivity contribution >= 4 is 23.3 Å². The number of anilines is 1. The Hall–Kier alpha value is -1.40. The van der Waals surface area contributed by atoms with E-state index in [9.17, 15) is 13.6 Å². The van der Waals surface area contributed by atoms with Crippen molar-refractivity contribution in [2.45, 2.75) is 6.43 Å². The monoisotopic (exact) mass is 278 g/mol. The van der Waals surface area contributed by atoms with Gasteiger partial charge in [-0.2, -0.15) is 0 Å². The number of halogens is 3. The number of carbonyl (C=O) groups excluding carboxylic acids is 1. The maximum Gasteiger partial charge on any atom is 0.322 e. The molecule has 2 amide bonds. The highest BCUT2D eigenvalue weighted by molar-refractivity contribution is 6.30. The van der Waals surface area contributed by atoms with Crippen molar-refractivity contribution < 1.29 is 18.7 Å². The van der Waals surface area contributed by atoms with Crippen molar-refractivity contribution in [1.29, 1.82) is 0 Å². The van der Waals surface area contributed by atoms with Gasteiger partial charge < -0.3 is 15.3 Å². The van der Waals surface area contributed by atoms with Gasteiger partial charge in [-0.15, -0.1) is 0 Å². The summed E-state index contributed by atoms with van der Waals surface area (Å²) >= 11 is 5.73. The molecule has 4 nitrogen and oxygen atoms in total. The molecule has 0 saturated heterocycles. The van der Waals surface area contributed by atoms with Gasteiger partial charge in [-0.05, 0) is 18.2 Å². The van der Waals surface area contributed by atoms with Gasteiger partial charge in [0.05, 0.1) is 13.2 Å². The molecule has 0 aliphatic carbocycles. The van der Waals surface area contributed by atoms with E-state index in [1.165, 1.54) is 6.07 Å². The SMILES string of the molecule is O=C(Nc1cccc(Cl)c1)N(CCO)CC(F)F. The van der Waals surface area contributed by atoms with Gasteiger partial charge in [0, 0.05) is 17.3 Å². The summed E-state index contributed by atoms with van der Waals surface area (Å²) in [4.78, 5) is 12.5. The number of aliphatic hydroxyl groups is 1. The zero-order valence-corrected chi connectivity index (χ0v) is 10.2. The molecule has 0 unspecified atom stereocenters. The highest BCUT2D eigenvalue weighted by Crippen LogP contribution is 2.15. The zero-order chi connectivity index (χ0) is 13.5. The Morgan fingerprint density at radius 2 is 2.22 bits per heavy atom. The van der Waals surface area contributed by atoms with Crippen molar-refractivity contribution in [2.24, 2.45) is 0 Å². The molecule has 0 radical (unpaired) electrons. The smallest absolute Gasteiger partial charge is 0.322 e. The summed E-state index contributed by atoms with van der Waals surface area (Å²) in [5.41, 5.74) is 0.407. The Labute approximate surface area is 108 Å². The molecule has 0 spiro atoms. The van der Waals surface area contributed by atoms with Crippen LogP contribution < -0.4 is 5.32 Å². The second-order valence-electron chi connectivity index (χ2n) is 3.50. The fourth-order valence-electron chi connectivity index (χ4n) is 1.33. The summed E-state index contributed by atoms with van der Waals surface area (Å²) in [5, 5.41) is 11.6. The molecule has 2 N–H and O–H groups in total. The number of urea groups is 1. The van der Waals surface area contributed by atoms with Crippen LogP contribution in [0, 0.1) is 0 Å². The summed E-state index contributed by atoms with van der Waals surface area (Å²) in [7, 11) is 0. The van der Waals surface area contributed by atoms with Gasteiger partial charge in [0.1, 0.15) is 0 Å². The molecule has 0 saturated carbocycles. The molecule has 18 heavy (non-hydrogen) atoms. The third-order valence-corrected chi connectivity index (χ3v) is 2.33. The van der Waals surface area contributed by atoms with Crippen LogP contribution in [0.3, 0.4) is 0 Å². The van der Waals surface area contributed by atoms with Gasteiger partial charge >= 0.3 is 6.03 Å². The molecule has 1 rings (SSSR count). The van der Waals surface area contributed by atoms with Crippen LogP contribution in [0.25, 0.3) is 0 Å². The third-order valence-electron chi connectivity index (χ3n) is 2.09. The van der Waals surface area contributed by atoms with Crippen LogP contribution >= 0.6 is 11.6 Å². The maximum absolute atomic E-state index is 12.2. The highest BCUT2D eigenvalue weighted by Gasteiger charge is 2.17. The van der Waals surface area contributed by atoms with E-state index in [1.54, 1.807) is 18.2 Å². The predicted octanol–water partition coefficient (Wildman–Crippen LogP) is 2.43. The van der Waals surface area contributed by atoms with Crippen molar-refractivity contribution in [3.8, 4) is 0 Å². The van der Waals surface area contributed by atoms with Crippen LogP contribution in [0.4, 0.5) is 19.3 Å². The average molecular weight is 279 g/mol. The summed E-state index contributed by atoms with van der Waals surface area (Å²) < 4.78 is 24.5. The minimum atomic E-state index is -2.65. The Bertz CT molecular complexity index is 404. The molecule has 1 aromatic carbocycles. The number of alkyl halides is 2.